The van der Waals surface area contributed by atoms with E-state index in [0.717, 1.165) is 16.5 Å². The maximum Gasteiger partial charge on any atom is 0.254 e. The lowest BCUT2D eigenvalue weighted by molar-refractivity contribution is -0.121. The van der Waals surface area contributed by atoms with E-state index in [4.69, 9.17) is 4.74 Å². The van der Waals surface area contributed by atoms with E-state index in [0.29, 0.717) is 31.7 Å². The third kappa shape index (κ3) is 4.73. The quantitative estimate of drug-likeness (QED) is 0.652. The van der Waals surface area contributed by atoms with Crippen molar-refractivity contribution in [3.63, 3.8) is 0 Å². The molecule has 0 aliphatic carbocycles. The highest BCUT2D eigenvalue weighted by atomic mass is 19.1. The molecule has 0 aliphatic rings. The van der Waals surface area contributed by atoms with Crippen LogP contribution in [0.5, 0.6) is 5.75 Å². The van der Waals surface area contributed by atoms with Gasteiger partial charge < -0.3 is 14.6 Å². The minimum Gasteiger partial charge on any atom is -0.493 e. The number of carbonyl (C=O) groups is 1. The predicted octanol–water partition coefficient (Wildman–Crippen LogP) is 3.15. The van der Waals surface area contributed by atoms with Crippen LogP contribution in [0.1, 0.15) is 18.4 Å². The van der Waals surface area contributed by atoms with E-state index in [1.807, 2.05) is 24.3 Å². The highest BCUT2D eigenvalue weighted by Gasteiger charge is 2.08. The van der Waals surface area contributed by atoms with Gasteiger partial charge in [-0.2, -0.15) is 0 Å². The van der Waals surface area contributed by atoms with Crippen molar-refractivity contribution in [1.29, 1.82) is 0 Å². The number of amides is 1. The van der Waals surface area contributed by atoms with Crippen molar-refractivity contribution in [1.82, 2.24) is 9.88 Å². The van der Waals surface area contributed by atoms with Gasteiger partial charge in [0, 0.05) is 31.5 Å². The average molecular weight is 368 g/mol. The van der Waals surface area contributed by atoms with Gasteiger partial charge in [-0.3, -0.25) is 9.59 Å². The van der Waals surface area contributed by atoms with E-state index in [9.17, 15) is 14.0 Å². The average Bonchev–Trinajstić information content (AvgIpc) is 2.68. The molecule has 27 heavy (non-hydrogen) atoms. The molecule has 0 saturated heterocycles. The number of nitrogens with zero attached hydrogens (tertiary/aromatic N) is 1. The molecule has 6 heteroatoms. The molecule has 0 bridgehead atoms. The number of carbonyl (C=O) groups excluding carboxylic acids is 1. The van der Waals surface area contributed by atoms with E-state index in [2.05, 4.69) is 5.32 Å². The van der Waals surface area contributed by atoms with E-state index in [1.54, 1.807) is 23.7 Å². The predicted molar refractivity (Wildman–Crippen MR) is 102 cm³/mol. The number of ether oxygens (including phenoxy) is 1. The van der Waals surface area contributed by atoms with Gasteiger partial charge in [0.25, 0.3) is 5.56 Å². The van der Waals surface area contributed by atoms with Gasteiger partial charge in [0.15, 0.2) is 0 Å². The zero-order chi connectivity index (χ0) is 19.2. The summed E-state index contributed by atoms with van der Waals surface area (Å²) in [7, 11) is 1.72. The molecular weight excluding hydrogens is 347 g/mol. The first kappa shape index (κ1) is 18.6. The Bertz CT molecular complexity index is 996. The Balaban J connectivity index is 1.49. The molecular formula is C21H21FN2O3. The standard InChI is InChI=1S/C21H21FN2O3/c1-24-18-6-3-2-5-17(18)19(13-21(24)26)27-12-4-7-20(25)23-14-15-8-10-16(22)11-9-15/h2-3,5-6,8-11,13H,4,7,12,14H2,1H3,(H,23,25). The summed E-state index contributed by atoms with van der Waals surface area (Å²) in [5.74, 6) is 0.127. The molecule has 0 saturated carbocycles. The Hall–Kier alpha value is -3.15. The zero-order valence-corrected chi connectivity index (χ0v) is 15.1. The normalized spacial score (nSPS) is 10.7. The number of aryl methyl sites for hydroxylation is 1. The molecule has 1 heterocycles. The van der Waals surface area contributed by atoms with Crippen LogP contribution in [-0.4, -0.2) is 17.1 Å². The van der Waals surface area contributed by atoms with E-state index >= 15 is 0 Å². The summed E-state index contributed by atoms with van der Waals surface area (Å²) in [5, 5.41) is 3.65. The van der Waals surface area contributed by atoms with Crippen LogP contribution in [0.2, 0.25) is 0 Å². The summed E-state index contributed by atoms with van der Waals surface area (Å²) >= 11 is 0. The van der Waals surface area contributed by atoms with Crippen LogP contribution in [0, 0.1) is 5.82 Å². The molecule has 140 valence electrons. The number of fused-ring (bicyclic) bond motifs is 1. The molecule has 1 N–H and O–H groups in total. The number of halogens is 1. The van der Waals surface area contributed by atoms with E-state index in [-0.39, 0.29) is 17.3 Å². The molecule has 3 rings (SSSR count). The van der Waals surface area contributed by atoms with Crippen LogP contribution in [0.25, 0.3) is 10.9 Å². The first-order chi connectivity index (χ1) is 13.0. The number of nitrogens with one attached hydrogen (secondary N) is 1. The van der Waals surface area contributed by atoms with Crippen molar-refractivity contribution >= 4 is 16.8 Å². The summed E-state index contributed by atoms with van der Waals surface area (Å²) in [6, 6.07) is 15.0. The minimum absolute atomic E-state index is 0.100. The van der Waals surface area contributed by atoms with Gasteiger partial charge in [-0.15, -0.1) is 0 Å². The van der Waals surface area contributed by atoms with Crippen LogP contribution in [0.4, 0.5) is 4.39 Å². The number of hydrogen-bond donors (Lipinski definition) is 1. The molecule has 0 aliphatic heterocycles. The largest absolute Gasteiger partial charge is 0.493 e. The Morgan fingerprint density at radius 3 is 2.67 bits per heavy atom. The summed E-state index contributed by atoms with van der Waals surface area (Å²) in [4.78, 5) is 23.9. The summed E-state index contributed by atoms with van der Waals surface area (Å²) in [5.41, 5.74) is 1.50. The van der Waals surface area contributed by atoms with Crippen molar-refractivity contribution in [2.75, 3.05) is 6.61 Å². The Morgan fingerprint density at radius 2 is 1.89 bits per heavy atom. The SMILES string of the molecule is Cn1c(=O)cc(OCCCC(=O)NCc2ccc(F)cc2)c2ccccc21. The number of rotatable bonds is 7. The fourth-order valence-corrected chi connectivity index (χ4v) is 2.81. The summed E-state index contributed by atoms with van der Waals surface area (Å²) in [6.07, 6.45) is 0.836. The number of aromatic nitrogens is 1. The smallest absolute Gasteiger partial charge is 0.254 e. The van der Waals surface area contributed by atoms with E-state index < -0.39 is 0 Å². The van der Waals surface area contributed by atoms with Crippen LogP contribution >= 0.6 is 0 Å². The Kier molecular flexibility index (Phi) is 5.86. The molecule has 2 aromatic carbocycles. The molecule has 1 amide bonds. The second kappa shape index (κ2) is 8.49. The topological polar surface area (TPSA) is 60.3 Å². The molecule has 0 fully saturated rings. The lowest BCUT2D eigenvalue weighted by atomic mass is 10.2. The number of pyridine rings is 1. The van der Waals surface area contributed by atoms with Gasteiger partial charge in [-0.1, -0.05) is 24.3 Å². The molecule has 0 atom stereocenters. The zero-order valence-electron chi connectivity index (χ0n) is 15.1. The van der Waals surface area contributed by atoms with E-state index in [1.165, 1.54) is 18.2 Å². The van der Waals surface area contributed by atoms with Crippen LogP contribution in [0.3, 0.4) is 0 Å². The second-order valence-corrected chi connectivity index (χ2v) is 6.28. The fraction of sp³-hybridized carbons (Fsp3) is 0.238. The first-order valence-electron chi connectivity index (χ1n) is 8.77. The van der Waals surface area contributed by atoms with Crippen molar-refractivity contribution in [2.24, 2.45) is 7.05 Å². The van der Waals surface area contributed by atoms with Crippen LogP contribution < -0.4 is 15.6 Å². The molecule has 0 spiro atoms. The van der Waals surface area contributed by atoms with Gasteiger partial charge in [0.05, 0.1) is 12.1 Å². The second-order valence-electron chi connectivity index (χ2n) is 6.28. The number of hydrogen-bond acceptors (Lipinski definition) is 3. The highest BCUT2D eigenvalue weighted by Crippen LogP contribution is 2.23. The fourth-order valence-electron chi connectivity index (χ4n) is 2.81. The van der Waals surface area contributed by atoms with Crippen molar-refractivity contribution in [3.8, 4) is 5.75 Å². The van der Waals surface area contributed by atoms with Crippen LogP contribution in [0.15, 0.2) is 59.4 Å². The molecule has 5 nitrogen and oxygen atoms in total. The first-order valence-corrected chi connectivity index (χ1v) is 8.77. The number of para-hydroxylation sites is 1. The molecule has 1 aromatic heterocycles. The van der Waals surface area contributed by atoms with Crippen molar-refractivity contribution in [2.45, 2.75) is 19.4 Å². The summed E-state index contributed by atoms with van der Waals surface area (Å²) in [6.45, 7) is 0.695. The highest BCUT2D eigenvalue weighted by molar-refractivity contribution is 5.85. The number of benzene rings is 2. The molecule has 0 radical (unpaired) electrons. The van der Waals surface area contributed by atoms with Gasteiger partial charge in [0.2, 0.25) is 5.91 Å². The lowest BCUT2D eigenvalue weighted by Gasteiger charge is -2.11. The van der Waals surface area contributed by atoms with Gasteiger partial charge in [-0.05, 0) is 36.2 Å². The van der Waals surface area contributed by atoms with Crippen LogP contribution in [-0.2, 0) is 18.4 Å². The molecule has 3 aromatic rings. The maximum absolute atomic E-state index is 12.9. The maximum atomic E-state index is 12.9. The van der Waals surface area contributed by atoms with Gasteiger partial charge >= 0.3 is 0 Å². The Morgan fingerprint density at radius 1 is 1.15 bits per heavy atom. The monoisotopic (exact) mass is 368 g/mol. The third-order valence-corrected chi connectivity index (χ3v) is 4.32. The minimum atomic E-state index is -0.300. The summed E-state index contributed by atoms with van der Waals surface area (Å²) < 4.78 is 20.2. The van der Waals surface area contributed by atoms with Crippen molar-refractivity contribution in [3.05, 3.63) is 76.3 Å². The van der Waals surface area contributed by atoms with Crippen molar-refractivity contribution < 1.29 is 13.9 Å². The molecule has 0 unspecified atom stereocenters. The van der Waals surface area contributed by atoms with Gasteiger partial charge in [0.1, 0.15) is 11.6 Å². The van der Waals surface area contributed by atoms with Gasteiger partial charge in [-0.25, -0.2) is 4.39 Å². The lowest BCUT2D eigenvalue weighted by Crippen LogP contribution is -2.23. The third-order valence-electron chi connectivity index (χ3n) is 4.32. The Labute approximate surface area is 156 Å².